The van der Waals surface area contributed by atoms with E-state index in [0.717, 1.165) is 0 Å². The Bertz CT molecular complexity index is 3370. The van der Waals surface area contributed by atoms with Gasteiger partial charge in [-0.2, -0.15) is 0 Å². The number of hydrogen-bond acceptors (Lipinski definition) is 3. The van der Waals surface area contributed by atoms with E-state index in [2.05, 4.69) is 240 Å². The SMILES string of the molecule is Cc1cccc(C)c1-c1c(C2CCCCC2)cccc1N1c2cc(C(C)(C)C)cc3c2B(c2cc(C(C)(C)C)ccc2N3c2ccc(-c3ccc(C(C)(C)C)cc3)cc2)c2sc3cc(C(C)(C)C)ccc3c21. The monoisotopic (exact) mass is 963 g/mol. The molecular weight excluding hydrogens is 888 g/mol. The summed E-state index contributed by atoms with van der Waals surface area (Å²) in [7, 11) is 0. The van der Waals surface area contributed by atoms with Gasteiger partial charge in [-0.05, 0) is 163 Å². The first-order valence-electron chi connectivity index (χ1n) is 27.0. The normalized spacial score (nSPS) is 15.2. The third-order valence-corrected chi connectivity index (χ3v) is 17.8. The van der Waals surface area contributed by atoms with Gasteiger partial charge in [0.15, 0.2) is 0 Å². The van der Waals surface area contributed by atoms with Gasteiger partial charge in [0.1, 0.15) is 0 Å². The molecule has 1 aromatic heterocycles. The van der Waals surface area contributed by atoms with E-state index < -0.39 is 0 Å². The molecule has 7 aromatic carbocycles. The lowest BCUT2D eigenvalue weighted by atomic mass is 9.36. The standard InChI is InChI=1S/C68H75BN2S/c1-42-20-18-21-43(2)60(42)61-52(46-22-16-15-17-23-46)24-19-25-56(61)71-58-40-50(68(12,13)14)39-57-62(58)69(64-63(71)53-36-32-49(67(9,10)11)41-59(53)72-64)54-38-48(66(6,7)8)33-37-55(54)70(57)51-34-28-45(29-35-51)44-26-30-47(31-27-44)65(3,4)5/h18-21,24-41,46H,15-17,22-23H2,1-14H3. The van der Waals surface area contributed by atoms with Crippen LogP contribution in [0, 0.1) is 13.8 Å². The Morgan fingerprint density at radius 2 is 1.01 bits per heavy atom. The van der Waals surface area contributed by atoms with Crippen molar-refractivity contribution >= 4 is 78.0 Å². The molecule has 0 bridgehead atoms. The third kappa shape index (κ3) is 8.25. The van der Waals surface area contributed by atoms with Crippen molar-refractivity contribution in [2.45, 2.75) is 157 Å². The van der Waals surface area contributed by atoms with Crippen LogP contribution in [0.2, 0.25) is 0 Å². The zero-order chi connectivity index (χ0) is 50.8. The number of rotatable bonds is 5. The van der Waals surface area contributed by atoms with Crippen LogP contribution < -0.4 is 25.5 Å². The molecule has 0 amide bonds. The van der Waals surface area contributed by atoms with Gasteiger partial charge in [-0.3, -0.25) is 0 Å². The number of benzene rings is 7. The predicted molar refractivity (Wildman–Crippen MR) is 317 cm³/mol. The van der Waals surface area contributed by atoms with Crippen molar-refractivity contribution in [3.8, 4) is 22.3 Å². The summed E-state index contributed by atoms with van der Waals surface area (Å²) in [5, 5.41) is 1.34. The average molecular weight is 963 g/mol. The molecule has 1 fully saturated rings. The van der Waals surface area contributed by atoms with Crippen LogP contribution in [0.15, 0.2) is 133 Å². The second-order valence-electron chi connectivity index (χ2n) is 25.8. The van der Waals surface area contributed by atoms with Crippen LogP contribution in [-0.2, 0) is 21.7 Å². The fraction of sp³-hybridized carbons (Fsp3) is 0.353. The van der Waals surface area contributed by atoms with Crippen molar-refractivity contribution in [1.29, 1.82) is 0 Å². The molecule has 0 atom stereocenters. The average Bonchev–Trinajstić information content (AvgIpc) is 3.71. The smallest absolute Gasteiger partial charge is 0.264 e. The molecule has 11 rings (SSSR count). The summed E-state index contributed by atoms with van der Waals surface area (Å²) in [6.07, 6.45) is 6.39. The number of aryl methyl sites for hydroxylation is 2. The molecule has 8 aromatic rings. The number of thiophene rings is 1. The lowest BCUT2D eigenvalue weighted by Crippen LogP contribution is -2.60. The lowest BCUT2D eigenvalue weighted by molar-refractivity contribution is 0.444. The van der Waals surface area contributed by atoms with Gasteiger partial charge in [-0.15, -0.1) is 11.3 Å². The Kier molecular flexibility index (Phi) is 11.7. The molecule has 0 radical (unpaired) electrons. The minimum Gasteiger partial charge on any atom is -0.311 e. The number of anilines is 6. The Morgan fingerprint density at radius 3 is 1.62 bits per heavy atom. The fourth-order valence-electron chi connectivity index (χ4n) is 12.3. The van der Waals surface area contributed by atoms with Crippen molar-refractivity contribution in [1.82, 2.24) is 0 Å². The number of fused-ring (bicyclic) bond motifs is 6. The van der Waals surface area contributed by atoms with Crippen LogP contribution >= 0.6 is 11.3 Å². The summed E-state index contributed by atoms with van der Waals surface area (Å²) in [6, 6.07) is 52.9. The number of nitrogens with zero attached hydrogens (tertiary/aromatic N) is 2. The zero-order valence-corrected chi connectivity index (χ0v) is 46.5. The quantitative estimate of drug-likeness (QED) is 0.159. The molecular formula is C68H75BN2S. The first-order chi connectivity index (χ1) is 34.1. The highest BCUT2D eigenvalue weighted by molar-refractivity contribution is 7.33. The second-order valence-corrected chi connectivity index (χ2v) is 26.9. The molecule has 0 N–H and O–H groups in total. The van der Waals surface area contributed by atoms with Crippen LogP contribution in [-0.4, -0.2) is 6.71 Å². The molecule has 2 nitrogen and oxygen atoms in total. The van der Waals surface area contributed by atoms with E-state index in [9.17, 15) is 0 Å². The van der Waals surface area contributed by atoms with E-state index in [1.165, 1.54) is 153 Å². The van der Waals surface area contributed by atoms with E-state index in [4.69, 9.17) is 0 Å². The maximum Gasteiger partial charge on any atom is 0.264 e. The lowest BCUT2D eigenvalue weighted by Gasteiger charge is -2.45. The van der Waals surface area contributed by atoms with Gasteiger partial charge in [-0.25, -0.2) is 0 Å². The molecule has 2 aliphatic heterocycles. The first-order valence-corrected chi connectivity index (χ1v) is 27.8. The Hall–Kier alpha value is -5.84. The highest BCUT2D eigenvalue weighted by atomic mass is 32.1. The molecule has 1 saturated carbocycles. The van der Waals surface area contributed by atoms with E-state index in [1.807, 2.05) is 11.3 Å². The predicted octanol–water partition coefficient (Wildman–Crippen LogP) is 18.2. The van der Waals surface area contributed by atoms with Crippen molar-refractivity contribution in [3.63, 3.8) is 0 Å². The molecule has 0 unspecified atom stereocenters. The van der Waals surface area contributed by atoms with Gasteiger partial charge >= 0.3 is 0 Å². The molecule has 366 valence electrons. The van der Waals surface area contributed by atoms with Crippen LogP contribution in [0.25, 0.3) is 32.3 Å². The van der Waals surface area contributed by atoms with Crippen molar-refractivity contribution in [3.05, 3.63) is 172 Å². The third-order valence-electron chi connectivity index (χ3n) is 16.6. The molecule has 3 heterocycles. The Morgan fingerprint density at radius 1 is 0.472 bits per heavy atom. The van der Waals surface area contributed by atoms with Crippen molar-refractivity contribution in [2.75, 3.05) is 9.80 Å². The summed E-state index contributed by atoms with van der Waals surface area (Å²) in [5.74, 6) is 0.519. The van der Waals surface area contributed by atoms with Gasteiger partial charge in [-0.1, -0.05) is 193 Å². The maximum absolute atomic E-state index is 2.78. The molecule has 0 saturated heterocycles. The number of hydrogen-bond donors (Lipinski definition) is 0. The van der Waals surface area contributed by atoms with Gasteiger partial charge in [0.2, 0.25) is 0 Å². The largest absolute Gasteiger partial charge is 0.311 e. The van der Waals surface area contributed by atoms with Crippen LogP contribution in [0.1, 0.15) is 160 Å². The van der Waals surface area contributed by atoms with E-state index in [0.29, 0.717) is 5.92 Å². The minimum atomic E-state index is -0.129. The maximum atomic E-state index is 2.78. The van der Waals surface area contributed by atoms with E-state index in [1.54, 1.807) is 0 Å². The van der Waals surface area contributed by atoms with Crippen molar-refractivity contribution < 1.29 is 0 Å². The van der Waals surface area contributed by atoms with Crippen LogP contribution in [0.5, 0.6) is 0 Å². The van der Waals surface area contributed by atoms with E-state index >= 15 is 0 Å². The molecule has 1 aliphatic carbocycles. The highest BCUT2D eigenvalue weighted by Crippen LogP contribution is 2.54. The molecule has 72 heavy (non-hydrogen) atoms. The van der Waals surface area contributed by atoms with Crippen molar-refractivity contribution in [2.24, 2.45) is 0 Å². The van der Waals surface area contributed by atoms with E-state index in [-0.39, 0.29) is 28.4 Å². The zero-order valence-electron chi connectivity index (χ0n) is 45.7. The Labute approximate surface area is 436 Å². The summed E-state index contributed by atoms with van der Waals surface area (Å²) < 4.78 is 2.80. The summed E-state index contributed by atoms with van der Waals surface area (Å²) in [5.41, 5.74) is 25.3. The van der Waals surface area contributed by atoms with Gasteiger partial charge in [0, 0.05) is 43.2 Å². The molecule has 0 spiro atoms. The fourth-order valence-corrected chi connectivity index (χ4v) is 13.7. The van der Waals surface area contributed by atoms with Gasteiger partial charge in [0.25, 0.3) is 6.71 Å². The minimum absolute atomic E-state index is 0.0188. The second kappa shape index (κ2) is 17.4. The first kappa shape index (κ1) is 48.4. The summed E-state index contributed by atoms with van der Waals surface area (Å²) >= 11 is 2.03. The Balaban J connectivity index is 1.24. The van der Waals surface area contributed by atoms with Crippen LogP contribution in [0.3, 0.4) is 0 Å². The topological polar surface area (TPSA) is 6.48 Å². The molecule has 4 heteroatoms. The summed E-state index contributed by atoms with van der Waals surface area (Å²) in [4.78, 5) is 5.40. The highest BCUT2D eigenvalue weighted by Gasteiger charge is 2.47. The van der Waals surface area contributed by atoms with Gasteiger partial charge < -0.3 is 9.80 Å². The van der Waals surface area contributed by atoms with Gasteiger partial charge in [0.05, 0.1) is 11.4 Å². The molecule has 3 aliphatic rings. The van der Waals surface area contributed by atoms with Crippen LogP contribution in [0.4, 0.5) is 34.1 Å². The summed E-state index contributed by atoms with van der Waals surface area (Å²) in [6.45, 7) is 32.9.